The molecule has 0 radical (unpaired) electrons. The van der Waals surface area contributed by atoms with E-state index in [4.69, 9.17) is 0 Å². The lowest BCUT2D eigenvalue weighted by Crippen LogP contribution is -2.25. The zero-order chi connectivity index (χ0) is 17.4. The van der Waals surface area contributed by atoms with Crippen molar-refractivity contribution in [1.29, 1.82) is 0 Å². The van der Waals surface area contributed by atoms with E-state index in [0.29, 0.717) is 5.92 Å². The standard InChI is InChI=1S/C21H36F2O/c1-3-5-16(2)6-4-7-17-8-10-18(11-9-17)19-12-14-20(15-13-19)24-21(22)23/h10,16-17,19-21H,3-9,11-15H2,1-2H3. The Balaban J connectivity index is 1.64. The summed E-state index contributed by atoms with van der Waals surface area (Å²) in [6.45, 7) is 2.05. The molecule has 0 N–H and O–H groups in total. The van der Waals surface area contributed by atoms with Gasteiger partial charge in [-0.15, -0.1) is 0 Å². The van der Waals surface area contributed by atoms with Gasteiger partial charge in [0.1, 0.15) is 0 Å². The van der Waals surface area contributed by atoms with E-state index in [1.54, 1.807) is 5.57 Å². The molecule has 1 nitrogen and oxygen atoms in total. The van der Waals surface area contributed by atoms with Gasteiger partial charge in [0.15, 0.2) is 0 Å². The van der Waals surface area contributed by atoms with Gasteiger partial charge in [0.2, 0.25) is 0 Å². The third-order valence-electron chi connectivity index (χ3n) is 6.14. The monoisotopic (exact) mass is 342 g/mol. The highest BCUT2D eigenvalue weighted by Crippen LogP contribution is 2.38. The first-order valence-corrected chi connectivity index (χ1v) is 10.2. The Hall–Kier alpha value is -0.440. The molecule has 2 atom stereocenters. The van der Waals surface area contributed by atoms with Crippen molar-refractivity contribution < 1.29 is 13.5 Å². The molecule has 0 aromatic carbocycles. The van der Waals surface area contributed by atoms with E-state index < -0.39 is 6.61 Å². The molecule has 2 rings (SSSR count). The second-order valence-electron chi connectivity index (χ2n) is 8.11. The van der Waals surface area contributed by atoms with Gasteiger partial charge in [0.05, 0.1) is 6.10 Å². The number of alkyl halides is 2. The van der Waals surface area contributed by atoms with Crippen LogP contribution in [0.25, 0.3) is 0 Å². The average molecular weight is 343 g/mol. The van der Waals surface area contributed by atoms with E-state index in [9.17, 15) is 8.78 Å². The molecular formula is C21H36F2O. The molecule has 3 heteroatoms. The number of rotatable bonds is 9. The Labute approximate surface area is 147 Å². The number of ether oxygens (including phenoxy) is 1. The van der Waals surface area contributed by atoms with Crippen molar-refractivity contribution in [2.45, 2.75) is 104 Å². The Kier molecular flexibility index (Phi) is 8.72. The molecule has 2 aliphatic carbocycles. The van der Waals surface area contributed by atoms with Crippen molar-refractivity contribution in [3.8, 4) is 0 Å². The maximum absolute atomic E-state index is 12.3. The maximum Gasteiger partial charge on any atom is 0.345 e. The summed E-state index contributed by atoms with van der Waals surface area (Å²) in [6.07, 6.45) is 16.6. The van der Waals surface area contributed by atoms with Crippen molar-refractivity contribution in [3.05, 3.63) is 11.6 Å². The molecule has 0 saturated heterocycles. The topological polar surface area (TPSA) is 9.23 Å². The third kappa shape index (κ3) is 6.82. The van der Waals surface area contributed by atoms with Crippen LogP contribution in [0, 0.1) is 17.8 Å². The van der Waals surface area contributed by atoms with Gasteiger partial charge in [0, 0.05) is 0 Å². The number of allylic oxidation sites excluding steroid dienone is 2. The van der Waals surface area contributed by atoms with E-state index in [2.05, 4.69) is 24.7 Å². The predicted octanol–water partition coefficient (Wildman–Crippen LogP) is 7.12. The van der Waals surface area contributed by atoms with Crippen LogP contribution in [0.3, 0.4) is 0 Å². The van der Waals surface area contributed by atoms with Crippen molar-refractivity contribution in [1.82, 2.24) is 0 Å². The van der Waals surface area contributed by atoms with Crippen LogP contribution in [0.1, 0.15) is 90.9 Å². The van der Waals surface area contributed by atoms with Crippen LogP contribution in [-0.4, -0.2) is 12.7 Å². The summed E-state index contributed by atoms with van der Waals surface area (Å²) in [5, 5.41) is 0. The Bertz CT molecular complexity index is 372. The average Bonchev–Trinajstić information content (AvgIpc) is 2.56. The van der Waals surface area contributed by atoms with Gasteiger partial charge in [-0.1, -0.05) is 57.6 Å². The Morgan fingerprint density at radius 1 is 1.12 bits per heavy atom. The molecule has 0 aromatic rings. The lowest BCUT2D eigenvalue weighted by Gasteiger charge is -2.32. The summed E-state index contributed by atoms with van der Waals surface area (Å²) in [5.41, 5.74) is 1.61. The summed E-state index contributed by atoms with van der Waals surface area (Å²) >= 11 is 0. The van der Waals surface area contributed by atoms with Crippen LogP contribution in [0.15, 0.2) is 11.6 Å². The molecule has 0 heterocycles. The SMILES string of the molecule is CCCC(C)CCCC1CC=C(C2CCC(OC(F)F)CC2)CC1. The molecule has 1 fully saturated rings. The van der Waals surface area contributed by atoms with Crippen LogP contribution in [0.5, 0.6) is 0 Å². The lowest BCUT2D eigenvalue weighted by molar-refractivity contribution is -0.170. The van der Waals surface area contributed by atoms with Crippen LogP contribution in [0.2, 0.25) is 0 Å². The molecular weight excluding hydrogens is 306 g/mol. The van der Waals surface area contributed by atoms with E-state index in [1.165, 1.54) is 51.4 Å². The fourth-order valence-corrected chi connectivity index (χ4v) is 4.65. The Morgan fingerprint density at radius 2 is 1.88 bits per heavy atom. The highest BCUT2D eigenvalue weighted by atomic mass is 19.3. The van der Waals surface area contributed by atoms with Gasteiger partial charge in [-0.3, -0.25) is 0 Å². The second kappa shape index (κ2) is 10.5. The quantitative estimate of drug-likeness (QED) is 0.405. The highest BCUT2D eigenvalue weighted by Gasteiger charge is 2.27. The van der Waals surface area contributed by atoms with Crippen molar-refractivity contribution >= 4 is 0 Å². The molecule has 140 valence electrons. The van der Waals surface area contributed by atoms with Crippen molar-refractivity contribution in [2.75, 3.05) is 0 Å². The van der Waals surface area contributed by atoms with Crippen molar-refractivity contribution in [3.63, 3.8) is 0 Å². The van der Waals surface area contributed by atoms with E-state index in [0.717, 1.165) is 37.5 Å². The first-order chi connectivity index (χ1) is 11.6. The van der Waals surface area contributed by atoms with E-state index >= 15 is 0 Å². The van der Waals surface area contributed by atoms with E-state index in [1.807, 2.05) is 0 Å². The third-order valence-corrected chi connectivity index (χ3v) is 6.14. The van der Waals surface area contributed by atoms with Crippen LogP contribution in [0.4, 0.5) is 8.78 Å². The van der Waals surface area contributed by atoms with Gasteiger partial charge < -0.3 is 4.74 Å². The largest absolute Gasteiger partial charge is 0.345 e. The van der Waals surface area contributed by atoms with Crippen LogP contribution < -0.4 is 0 Å². The van der Waals surface area contributed by atoms with Gasteiger partial charge in [0.25, 0.3) is 0 Å². The van der Waals surface area contributed by atoms with Gasteiger partial charge in [-0.25, -0.2) is 0 Å². The maximum atomic E-state index is 12.3. The second-order valence-corrected chi connectivity index (χ2v) is 8.11. The minimum Gasteiger partial charge on any atom is -0.320 e. The number of hydrogen-bond acceptors (Lipinski definition) is 1. The van der Waals surface area contributed by atoms with Crippen LogP contribution in [-0.2, 0) is 4.74 Å². The highest BCUT2D eigenvalue weighted by molar-refractivity contribution is 5.11. The molecule has 1 saturated carbocycles. The summed E-state index contributed by atoms with van der Waals surface area (Å²) in [4.78, 5) is 0. The fourth-order valence-electron chi connectivity index (χ4n) is 4.65. The molecule has 0 aliphatic heterocycles. The predicted molar refractivity (Wildman–Crippen MR) is 96.2 cm³/mol. The molecule has 0 amide bonds. The molecule has 0 spiro atoms. The van der Waals surface area contributed by atoms with Crippen molar-refractivity contribution in [2.24, 2.45) is 17.8 Å². The molecule has 2 aliphatic rings. The lowest BCUT2D eigenvalue weighted by atomic mass is 9.76. The molecule has 0 bridgehead atoms. The normalized spacial score (nSPS) is 29.5. The van der Waals surface area contributed by atoms with Gasteiger partial charge in [-0.2, -0.15) is 8.78 Å². The smallest absolute Gasteiger partial charge is 0.320 e. The molecule has 24 heavy (non-hydrogen) atoms. The first-order valence-electron chi connectivity index (χ1n) is 10.2. The van der Waals surface area contributed by atoms with Crippen LogP contribution >= 0.6 is 0 Å². The molecule has 0 aromatic heterocycles. The minimum absolute atomic E-state index is 0.219. The minimum atomic E-state index is -2.61. The first kappa shape index (κ1) is 19.9. The zero-order valence-corrected chi connectivity index (χ0v) is 15.6. The number of hydrogen-bond donors (Lipinski definition) is 0. The van der Waals surface area contributed by atoms with Gasteiger partial charge in [-0.05, 0) is 62.7 Å². The zero-order valence-electron chi connectivity index (χ0n) is 15.6. The Morgan fingerprint density at radius 3 is 2.46 bits per heavy atom. The summed E-state index contributed by atoms with van der Waals surface area (Å²) in [7, 11) is 0. The fraction of sp³-hybridized carbons (Fsp3) is 0.905. The summed E-state index contributed by atoms with van der Waals surface area (Å²) < 4.78 is 29.2. The number of halogens is 2. The summed E-state index contributed by atoms with van der Waals surface area (Å²) in [6, 6.07) is 0. The molecule has 2 unspecified atom stereocenters. The summed E-state index contributed by atoms with van der Waals surface area (Å²) in [5.74, 6) is 2.39. The van der Waals surface area contributed by atoms with E-state index in [-0.39, 0.29) is 6.10 Å². The van der Waals surface area contributed by atoms with Gasteiger partial charge >= 0.3 is 6.61 Å².